The molecule has 0 aliphatic carbocycles. The summed E-state index contributed by atoms with van der Waals surface area (Å²) >= 11 is 0. The summed E-state index contributed by atoms with van der Waals surface area (Å²) in [5.41, 5.74) is 0.259. The number of halogens is 3. The van der Waals surface area contributed by atoms with Gasteiger partial charge in [-0.05, 0) is 18.6 Å². The fourth-order valence-electron chi connectivity index (χ4n) is 1.65. The number of alkyl halides is 3. The second-order valence-corrected chi connectivity index (χ2v) is 3.53. The number of nitrogens with zero attached hydrogens (tertiary/aromatic N) is 1. The lowest BCUT2D eigenvalue weighted by molar-refractivity contribution is -0.136. The largest absolute Gasteiger partial charge is 0.417 e. The minimum absolute atomic E-state index is 0.159. The molecule has 0 unspecified atom stereocenters. The molecule has 1 aromatic carbocycles. The van der Waals surface area contributed by atoms with Crippen LogP contribution < -0.4 is 0 Å². The molecule has 0 amide bonds. The highest BCUT2D eigenvalue weighted by molar-refractivity contribution is 5.82. The van der Waals surface area contributed by atoms with Crippen LogP contribution in [0.1, 0.15) is 18.2 Å². The van der Waals surface area contributed by atoms with Crippen molar-refractivity contribution in [3.8, 4) is 0 Å². The number of benzene rings is 1. The topological polar surface area (TPSA) is 12.9 Å². The Kier molecular flexibility index (Phi) is 2.58. The number of hydrogen-bond acceptors (Lipinski definition) is 1. The van der Waals surface area contributed by atoms with E-state index in [2.05, 4.69) is 4.98 Å². The second kappa shape index (κ2) is 3.77. The zero-order chi connectivity index (χ0) is 11.8. The summed E-state index contributed by atoms with van der Waals surface area (Å²) in [7, 11) is 0. The van der Waals surface area contributed by atoms with Gasteiger partial charge in [0.2, 0.25) is 0 Å². The highest BCUT2D eigenvalue weighted by atomic mass is 19.4. The average Bonchev–Trinajstić information content (AvgIpc) is 2.26. The minimum atomic E-state index is -4.33. The first-order chi connectivity index (χ1) is 7.52. The molecule has 0 atom stereocenters. The molecular formula is C12H10F3N. The lowest BCUT2D eigenvalue weighted by Gasteiger charge is -2.11. The van der Waals surface area contributed by atoms with Gasteiger partial charge in [0.05, 0.1) is 11.1 Å². The SMILES string of the molecule is CCc1cc(C(F)(F)F)c2ccccc2n1. The maximum absolute atomic E-state index is 12.8. The maximum Gasteiger partial charge on any atom is 0.417 e. The molecule has 0 bridgehead atoms. The molecule has 0 saturated heterocycles. The normalized spacial score (nSPS) is 12.0. The number of aromatic nitrogens is 1. The fourth-order valence-corrected chi connectivity index (χ4v) is 1.65. The molecule has 0 spiro atoms. The molecule has 84 valence electrons. The van der Waals surface area contributed by atoms with Crippen molar-refractivity contribution in [2.24, 2.45) is 0 Å². The van der Waals surface area contributed by atoms with Crippen LogP contribution in [0.15, 0.2) is 30.3 Å². The molecule has 2 aromatic rings. The van der Waals surface area contributed by atoms with Gasteiger partial charge in [-0.2, -0.15) is 13.2 Å². The minimum Gasteiger partial charge on any atom is -0.253 e. The number of hydrogen-bond donors (Lipinski definition) is 0. The number of pyridine rings is 1. The third kappa shape index (κ3) is 1.87. The average molecular weight is 225 g/mol. The van der Waals surface area contributed by atoms with Gasteiger partial charge < -0.3 is 0 Å². The summed E-state index contributed by atoms with van der Waals surface area (Å²) in [6.07, 6.45) is -3.83. The Labute approximate surface area is 90.9 Å². The Morgan fingerprint density at radius 1 is 1.19 bits per heavy atom. The van der Waals surface area contributed by atoms with Crippen LogP contribution in [-0.4, -0.2) is 4.98 Å². The molecule has 0 radical (unpaired) electrons. The number of para-hydroxylation sites is 1. The predicted molar refractivity (Wildman–Crippen MR) is 56.1 cm³/mol. The van der Waals surface area contributed by atoms with Crippen LogP contribution >= 0.6 is 0 Å². The summed E-state index contributed by atoms with van der Waals surface area (Å²) in [5, 5.41) is 0.159. The van der Waals surface area contributed by atoms with Gasteiger partial charge in [-0.25, -0.2) is 0 Å². The smallest absolute Gasteiger partial charge is 0.253 e. The highest BCUT2D eigenvalue weighted by Crippen LogP contribution is 2.34. The molecule has 16 heavy (non-hydrogen) atoms. The van der Waals surface area contributed by atoms with E-state index in [1.807, 2.05) is 0 Å². The molecule has 1 nitrogen and oxygen atoms in total. The van der Waals surface area contributed by atoms with Crippen LogP contribution in [0, 0.1) is 0 Å². The van der Waals surface area contributed by atoms with Gasteiger partial charge in [-0.15, -0.1) is 0 Å². The van der Waals surface area contributed by atoms with Crippen LogP contribution in [0.4, 0.5) is 13.2 Å². The van der Waals surface area contributed by atoms with E-state index in [1.165, 1.54) is 6.07 Å². The molecule has 2 rings (SSSR count). The number of aryl methyl sites for hydroxylation is 1. The van der Waals surface area contributed by atoms with Crippen molar-refractivity contribution in [1.29, 1.82) is 0 Å². The van der Waals surface area contributed by atoms with Crippen LogP contribution in [0.2, 0.25) is 0 Å². The van der Waals surface area contributed by atoms with Crippen molar-refractivity contribution in [3.05, 3.63) is 41.6 Å². The van der Waals surface area contributed by atoms with E-state index in [9.17, 15) is 13.2 Å². The van der Waals surface area contributed by atoms with Crippen molar-refractivity contribution in [3.63, 3.8) is 0 Å². The van der Waals surface area contributed by atoms with Gasteiger partial charge >= 0.3 is 6.18 Å². The zero-order valence-electron chi connectivity index (χ0n) is 8.67. The van der Waals surface area contributed by atoms with Crippen molar-refractivity contribution in [1.82, 2.24) is 4.98 Å². The third-order valence-electron chi connectivity index (χ3n) is 2.44. The molecule has 0 saturated carbocycles. The highest BCUT2D eigenvalue weighted by Gasteiger charge is 2.33. The van der Waals surface area contributed by atoms with Crippen molar-refractivity contribution >= 4 is 10.9 Å². The first-order valence-corrected chi connectivity index (χ1v) is 4.98. The predicted octanol–water partition coefficient (Wildman–Crippen LogP) is 3.82. The summed E-state index contributed by atoms with van der Waals surface area (Å²) < 4.78 is 38.4. The first kappa shape index (κ1) is 10.9. The summed E-state index contributed by atoms with van der Waals surface area (Å²) in [4.78, 5) is 4.17. The van der Waals surface area contributed by atoms with Crippen LogP contribution in [0.25, 0.3) is 10.9 Å². The Morgan fingerprint density at radius 2 is 1.88 bits per heavy atom. The standard InChI is InChI=1S/C12H10F3N/c1-2-8-7-10(12(13,14)15)9-5-3-4-6-11(9)16-8/h3-7H,2H2,1H3. The second-order valence-electron chi connectivity index (χ2n) is 3.53. The third-order valence-corrected chi connectivity index (χ3v) is 2.44. The van der Waals surface area contributed by atoms with E-state index < -0.39 is 11.7 Å². The molecule has 4 heteroatoms. The molecular weight excluding hydrogens is 215 g/mol. The summed E-state index contributed by atoms with van der Waals surface area (Å²) in [6, 6.07) is 7.45. The molecule has 1 heterocycles. The van der Waals surface area contributed by atoms with Gasteiger partial charge in [0, 0.05) is 11.1 Å². The maximum atomic E-state index is 12.8. The van der Waals surface area contributed by atoms with Gasteiger partial charge in [0.15, 0.2) is 0 Å². The van der Waals surface area contributed by atoms with E-state index in [1.54, 1.807) is 25.1 Å². The lowest BCUT2D eigenvalue weighted by atomic mass is 10.1. The first-order valence-electron chi connectivity index (χ1n) is 4.98. The van der Waals surface area contributed by atoms with E-state index in [0.29, 0.717) is 17.6 Å². The van der Waals surface area contributed by atoms with Crippen LogP contribution in [-0.2, 0) is 12.6 Å². The molecule has 0 aliphatic heterocycles. The molecule has 0 fully saturated rings. The summed E-state index contributed by atoms with van der Waals surface area (Å²) in [6.45, 7) is 1.79. The van der Waals surface area contributed by atoms with Crippen LogP contribution in [0.5, 0.6) is 0 Å². The van der Waals surface area contributed by atoms with Crippen molar-refractivity contribution in [2.45, 2.75) is 19.5 Å². The Morgan fingerprint density at radius 3 is 2.50 bits per heavy atom. The Hall–Kier alpha value is -1.58. The van der Waals surface area contributed by atoms with E-state index in [-0.39, 0.29) is 5.39 Å². The molecule has 1 aromatic heterocycles. The van der Waals surface area contributed by atoms with Gasteiger partial charge in [-0.3, -0.25) is 4.98 Å². The van der Waals surface area contributed by atoms with Gasteiger partial charge in [0.25, 0.3) is 0 Å². The Bertz CT molecular complexity index is 517. The number of fused-ring (bicyclic) bond motifs is 1. The van der Waals surface area contributed by atoms with Gasteiger partial charge in [0.1, 0.15) is 0 Å². The lowest BCUT2D eigenvalue weighted by Crippen LogP contribution is -2.07. The van der Waals surface area contributed by atoms with E-state index in [4.69, 9.17) is 0 Å². The fraction of sp³-hybridized carbons (Fsp3) is 0.250. The van der Waals surface area contributed by atoms with Gasteiger partial charge in [-0.1, -0.05) is 25.1 Å². The van der Waals surface area contributed by atoms with Crippen LogP contribution in [0.3, 0.4) is 0 Å². The Balaban J connectivity index is 2.79. The van der Waals surface area contributed by atoms with E-state index in [0.717, 1.165) is 6.07 Å². The quantitative estimate of drug-likeness (QED) is 0.719. The molecule has 0 aliphatic rings. The number of rotatable bonds is 1. The molecule has 0 N–H and O–H groups in total. The van der Waals surface area contributed by atoms with E-state index >= 15 is 0 Å². The van der Waals surface area contributed by atoms with Crippen molar-refractivity contribution in [2.75, 3.05) is 0 Å². The summed E-state index contributed by atoms with van der Waals surface area (Å²) in [5.74, 6) is 0. The monoisotopic (exact) mass is 225 g/mol. The zero-order valence-corrected chi connectivity index (χ0v) is 8.67. The van der Waals surface area contributed by atoms with Crippen molar-refractivity contribution < 1.29 is 13.2 Å².